The number of quaternary nitrogens is 1. The second-order valence-corrected chi connectivity index (χ2v) is 30.1. The van der Waals surface area contributed by atoms with Gasteiger partial charge in [-0.3, -0.25) is 18.6 Å². The maximum Gasteiger partial charge on any atom is 0.472 e. The van der Waals surface area contributed by atoms with Crippen molar-refractivity contribution in [1.29, 1.82) is 0 Å². The standard InChI is InChI=1S/C81H155N2O7P/c1-7-10-13-16-19-22-25-28-30-32-34-36-38-40-41-43-45-47-49-51-53-56-59-62-65-68-71-74-81(85)90-79(72-69-66-63-60-57-54-27-24-21-18-15-12-9-3)78(77-89-91(86,87)88-76-75-83(4,5)6)82-80(84)73-70-67-64-61-58-55-52-50-48-46-44-42-39-37-35-33-31-29-26-23-20-17-14-11-8-2/h20,23,29,31,35,37,69,72,78-79H,7-19,21-22,24-28,30,32-34,36,38-68,70-71,73-77H2,1-6H3,(H-,82,84,86,87)/p+1/b23-20-,31-29-,37-35-,72-69+. The second kappa shape index (κ2) is 70.8. The summed E-state index contributed by atoms with van der Waals surface area (Å²) in [5, 5.41) is 3.09. The third kappa shape index (κ3) is 72.1. The van der Waals surface area contributed by atoms with Crippen LogP contribution in [0, 0.1) is 0 Å². The lowest BCUT2D eigenvalue weighted by atomic mass is 10.0. The fourth-order valence-corrected chi connectivity index (χ4v) is 12.9. The van der Waals surface area contributed by atoms with Crippen molar-refractivity contribution in [3.63, 3.8) is 0 Å². The molecule has 2 N–H and O–H groups in total. The quantitative estimate of drug-likeness (QED) is 0.0205. The van der Waals surface area contributed by atoms with E-state index in [9.17, 15) is 19.0 Å². The van der Waals surface area contributed by atoms with E-state index in [-0.39, 0.29) is 25.1 Å². The van der Waals surface area contributed by atoms with E-state index in [1.165, 1.54) is 302 Å². The molecule has 0 aliphatic carbocycles. The van der Waals surface area contributed by atoms with Gasteiger partial charge < -0.3 is 19.4 Å². The normalized spacial score (nSPS) is 13.6. The zero-order valence-electron chi connectivity index (χ0n) is 61.6. The number of likely N-dealkylation sites (N-methyl/N-ethyl adjacent to an activating group) is 1. The first kappa shape index (κ1) is 89.0. The predicted molar refractivity (Wildman–Crippen MR) is 397 cm³/mol. The number of unbranched alkanes of at least 4 members (excludes halogenated alkanes) is 52. The highest BCUT2D eigenvalue weighted by Crippen LogP contribution is 2.43. The van der Waals surface area contributed by atoms with Crippen molar-refractivity contribution >= 4 is 19.7 Å². The molecule has 9 nitrogen and oxygen atoms in total. The van der Waals surface area contributed by atoms with Crippen LogP contribution >= 0.6 is 7.82 Å². The first-order valence-electron chi connectivity index (χ1n) is 40.0. The maximum absolute atomic E-state index is 13.7. The number of hydrogen-bond acceptors (Lipinski definition) is 6. The van der Waals surface area contributed by atoms with Crippen molar-refractivity contribution in [3.8, 4) is 0 Å². The van der Waals surface area contributed by atoms with Crippen LogP contribution in [0.15, 0.2) is 48.6 Å². The molecule has 0 radical (unpaired) electrons. The summed E-state index contributed by atoms with van der Waals surface area (Å²) in [5.41, 5.74) is 0. The Morgan fingerprint density at radius 1 is 0.385 bits per heavy atom. The Hall–Kier alpha value is -2.03. The summed E-state index contributed by atoms with van der Waals surface area (Å²) < 4.78 is 31.0. The van der Waals surface area contributed by atoms with E-state index in [1.807, 2.05) is 27.2 Å². The van der Waals surface area contributed by atoms with Gasteiger partial charge in [0.2, 0.25) is 5.91 Å². The molecule has 0 saturated carbocycles. The number of phosphoric ester groups is 1. The predicted octanol–water partition coefficient (Wildman–Crippen LogP) is 25.9. The number of nitrogens with zero attached hydrogens (tertiary/aromatic N) is 1. The van der Waals surface area contributed by atoms with E-state index in [0.717, 1.165) is 70.6 Å². The highest BCUT2D eigenvalue weighted by molar-refractivity contribution is 7.47. The Bertz CT molecular complexity index is 1690. The number of hydrogen-bond donors (Lipinski definition) is 2. The van der Waals surface area contributed by atoms with Crippen LogP contribution in [0.3, 0.4) is 0 Å². The van der Waals surface area contributed by atoms with E-state index in [1.54, 1.807) is 0 Å². The van der Waals surface area contributed by atoms with Crippen LogP contribution in [0.5, 0.6) is 0 Å². The zero-order chi connectivity index (χ0) is 66.3. The Labute approximate surface area is 567 Å². The molecule has 0 spiro atoms. The van der Waals surface area contributed by atoms with Gasteiger partial charge in [0, 0.05) is 12.8 Å². The van der Waals surface area contributed by atoms with Crippen LogP contribution in [-0.4, -0.2) is 74.3 Å². The van der Waals surface area contributed by atoms with Crippen LogP contribution < -0.4 is 5.32 Å². The van der Waals surface area contributed by atoms with Gasteiger partial charge in [-0.1, -0.05) is 372 Å². The number of carbonyl (C=O) groups is 2. The molecule has 0 fully saturated rings. The molecule has 0 heterocycles. The molecule has 1 amide bonds. The first-order valence-corrected chi connectivity index (χ1v) is 41.5. The van der Waals surface area contributed by atoms with Gasteiger partial charge >= 0.3 is 13.8 Å². The van der Waals surface area contributed by atoms with Gasteiger partial charge in [-0.15, -0.1) is 0 Å². The average Bonchev–Trinajstić information content (AvgIpc) is 3.73. The lowest BCUT2D eigenvalue weighted by Crippen LogP contribution is -2.47. The minimum absolute atomic E-state index is 0.0421. The van der Waals surface area contributed by atoms with Gasteiger partial charge in [-0.2, -0.15) is 0 Å². The molecule has 0 rings (SSSR count). The summed E-state index contributed by atoms with van der Waals surface area (Å²) in [5.74, 6) is -0.484. The topological polar surface area (TPSA) is 111 Å². The van der Waals surface area contributed by atoms with Gasteiger partial charge in [0.1, 0.15) is 19.3 Å². The fraction of sp³-hybridized carbons (Fsp3) is 0.877. The number of allylic oxidation sites excluding steroid dienone is 7. The maximum atomic E-state index is 13.7. The number of esters is 1. The average molecular weight is 1300 g/mol. The minimum atomic E-state index is -4.46. The van der Waals surface area contributed by atoms with Crippen LogP contribution in [0.2, 0.25) is 0 Å². The fourth-order valence-electron chi connectivity index (χ4n) is 12.1. The number of phosphoric acid groups is 1. The van der Waals surface area contributed by atoms with E-state index >= 15 is 0 Å². The summed E-state index contributed by atoms with van der Waals surface area (Å²) in [6.45, 7) is 7.06. The number of rotatable bonds is 74. The molecule has 0 aliphatic rings. The molecule has 0 aromatic carbocycles. The molecule has 10 heteroatoms. The van der Waals surface area contributed by atoms with Crippen molar-refractivity contribution in [2.45, 2.75) is 418 Å². The molecule has 0 saturated heterocycles. The minimum Gasteiger partial charge on any atom is -0.456 e. The van der Waals surface area contributed by atoms with Gasteiger partial charge in [-0.05, 0) is 70.3 Å². The molecule has 91 heavy (non-hydrogen) atoms. The summed E-state index contributed by atoms with van der Waals surface area (Å²) >= 11 is 0. The van der Waals surface area contributed by atoms with Crippen LogP contribution in [0.25, 0.3) is 0 Å². The summed E-state index contributed by atoms with van der Waals surface area (Å²) in [4.78, 5) is 38.1. The molecule has 0 aromatic heterocycles. The second-order valence-electron chi connectivity index (χ2n) is 28.6. The number of ether oxygens (including phenoxy) is 1. The van der Waals surface area contributed by atoms with Gasteiger partial charge in [0.25, 0.3) is 0 Å². The molecule has 536 valence electrons. The van der Waals surface area contributed by atoms with E-state index in [0.29, 0.717) is 23.9 Å². The third-order valence-corrected chi connectivity index (χ3v) is 19.3. The molecule has 3 atom stereocenters. The van der Waals surface area contributed by atoms with Crippen LogP contribution in [0.1, 0.15) is 406 Å². The summed E-state index contributed by atoms with van der Waals surface area (Å²) in [6, 6.07) is -0.849. The lowest BCUT2D eigenvalue weighted by molar-refractivity contribution is -0.870. The lowest BCUT2D eigenvalue weighted by Gasteiger charge is -2.27. The van der Waals surface area contributed by atoms with Gasteiger partial charge in [0.05, 0.1) is 33.8 Å². The monoisotopic (exact) mass is 1300 g/mol. The molecular weight excluding hydrogens is 1140 g/mol. The SMILES string of the molecule is CCCCC/C=C\C/C=C\C/C=C\CCCCCCCCCCCCCCC(=O)NC(COP(=O)(O)OCC[N+](C)(C)C)C(/C=C/CCCCCCCCCCCCC)OC(=O)CCCCCCCCCCCCCCCCCCCCCCCCCCCCC. The summed E-state index contributed by atoms with van der Waals surface area (Å²) in [7, 11) is 1.51. The van der Waals surface area contributed by atoms with Gasteiger partial charge in [0.15, 0.2) is 0 Å². The molecular formula is C81H156N2O7P+. The number of carbonyl (C=O) groups excluding carboxylic acids is 2. The van der Waals surface area contributed by atoms with Crippen LogP contribution in [-0.2, 0) is 27.9 Å². The van der Waals surface area contributed by atoms with E-state index in [4.69, 9.17) is 13.8 Å². The van der Waals surface area contributed by atoms with Crippen molar-refractivity contribution in [2.75, 3.05) is 40.9 Å². The van der Waals surface area contributed by atoms with Gasteiger partial charge in [-0.25, -0.2) is 4.57 Å². The van der Waals surface area contributed by atoms with E-state index < -0.39 is 20.0 Å². The van der Waals surface area contributed by atoms with Crippen molar-refractivity contribution in [1.82, 2.24) is 5.32 Å². The van der Waals surface area contributed by atoms with Crippen molar-refractivity contribution in [2.24, 2.45) is 0 Å². The Morgan fingerprint density at radius 3 is 1.02 bits per heavy atom. The Balaban J connectivity index is 4.94. The molecule has 0 aliphatic heterocycles. The van der Waals surface area contributed by atoms with Crippen LogP contribution in [0.4, 0.5) is 0 Å². The highest BCUT2D eigenvalue weighted by Gasteiger charge is 2.30. The van der Waals surface area contributed by atoms with Crippen molar-refractivity contribution in [3.05, 3.63) is 48.6 Å². The highest BCUT2D eigenvalue weighted by atomic mass is 31.2. The largest absolute Gasteiger partial charge is 0.472 e. The third-order valence-electron chi connectivity index (χ3n) is 18.3. The number of nitrogens with one attached hydrogen (secondary N) is 1. The van der Waals surface area contributed by atoms with E-state index in [2.05, 4.69) is 68.6 Å². The molecule has 0 aromatic rings. The first-order chi connectivity index (χ1) is 44.4. The zero-order valence-corrected chi connectivity index (χ0v) is 62.5. The molecule has 0 bridgehead atoms. The summed E-state index contributed by atoms with van der Waals surface area (Å²) in [6.07, 6.45) is 91.5. The Morgan fingerprint density at radius 2 is 0.670 bits per heavy atom. The smallest absolute Gasteiger partial charge is 0.456 e. The molecule has 3 unspecified atom stereocenters. The number of amides is 1. The Kier molecular flexibility index (Phi) is 69.2. The van der Waals surface area contributed by atoms with Crippen molar-refractivity contribution < 1.29 is 37.3 Å².